The summed E-state index contributed by atoms with van der Waals surface area (Å²) in [5.41, 5.74) is 0.702. The molecule has 0 aliphatic carbocycles. The second kappa shape index (κ2) is 10.6. The van der Waals surface area contributed by atoms with Crippen LogP contribution in [0.1, 0.15) is 28.8 Å². The highest BCUT2D eigenvalue weighted by Gasteiger charge is 2.31. The number of non-ortho nitro benzene ring substituents is 1. The maximum atomic E-state index is 14.2. The monoisotopic (exact) mass is 494 g/mol. The van der Waals surface area contributed by atoms with Crippen molar-refractivity contribution in [2.75, 3.05) is 18.4 Å². The average Bonchev–Trinajstić information content (AvgIpc) is 2.86. The molecule has 3 aromatic rings. The van der Waals surface area contributed by atoms with Crippen molar-refractivity contribution in [3.63, 3.8) is 0 Å². The molecule has 0 spiro atoms. The number of nitro groups is 1. The molecule has 1 saturated heterocycles. The van der Waals surface area contributed by atoms with Gasteiger partial charge in [-0.25, -0.2) is 9.37 Å². The molecule has 1 aliphatic heterocycles. The van der Waals surface area contributed by atoms with Gasteiger partial charge in [-0.2, -0.15) is 0 Å². The number of benzene rings is 2. The van der Waals surface area contributed by atoms with Gasteiger partial charge in [0.15, 0.2) is 0 Å². The molecule has 0 saturated carbocycles. The molecule has 2 aromatic carbocycles. The fourth-order valence-corrected chi connectivity index (χ4v) is 4.86. The smallest absolute Gasteiger partial charge is 0.270 e. The Morgan fingerprint density at radius 2 is 1.97 bits per heavy atom. The Hall–Kier alpha value is -3.79. The van der Waals surface area contributed by atoms with E-state index in [2.05, 4.69) is 10.3 Å². The molecule has 0 radical (unpaired) electrons. The zero-order chi connectivity index (χ0) is 24.9. The van der Waals surface area contributed by atoms with Crippen LogP contribution in [0, 0.1) is 28.8 Å². The molecule has 10 heteroatoms. The lowest BCUT2D eigenvalue weighted by Gasteiger charge is -2.32. The number of aryl methyl sites for hydroxylation is 1. The molecular formula is C25H23FN4O4S. The molecule has 1 aromatic heterocycles. The van der Waals surface area contributed by atoms with E-state index in [0.29, 0.717) is 35.0 Å². The van der Waals surface area contributed by atoms with Gasteiger partial charge >= 0.3 is 0 Å². The van der Waals surface area contributed by atoms with Gasteiger partial charge in [-0.15, -0.1) is 0 Å². The van der Waals surface area contributed by atoms with E-state index in [1.54, 1.807) is 30.5 Å². The fourth-order valence-electron chi connectivity index (χ4n) is 3.91. The van der Waals surface area contributed by atoms with Crippen molar-refractivity contribution in [3.05, 3.63) is 87.9 Å². The maximum Gasteiger partial charge on any atom is 0.270 e. The number of carbonyl (C=O) groups is 2. The number of halogens is 1. The lowest BCUT2D eigenvalue weighted by Crippen LogP contribution is -2.44. The van der Waals surface area contributed by atoms with Gasteiger partial charge in [-0.05, 0) is 49.6 Å². The van der Waals surface area contributed by atoms with Gasteiger partial charge in [0.05, 0.1) is 16.4 Å². The van der Waals surface area contributed by atoms with E-state index in [1.807, 2.05) is 13.0 Å². The number of pyridine rings is 1. The third-order valence-electron chi connectivity index (χ3n) is 5.79. The summed E-state index contributed by atoms with van der Waals surface area (Å²) in [4.78, 5) is 43.6. The van der Waals surface area contributed by atoms with Gasteiger partial charge in [0.25, 0.3) is 11.6 Å². The summed E-state index contributed by atoms with van der Waals surface area (Å²) in [6.07, 6.45) is 2.80. The van der Waals surface area contributed by atoms with E-state index in [4.69, 9.17) is 0 Å². The number of rotatable bonds is 6. The van der Waals surface area contributed by atoms with Crippen molar-refractivity contribution < 1.29 is 18.9 Å². The molecule has 1 aliphatic rings. The van der Waals surface area contributed by atoms with Crippen LogP contribution in [0.5, 0.6) is 0 Å². The average molecular weight is 495 g/mol. The van der Waals surface area contributed by atoms with Crippen LogP contribution >= 0.6 is 11.8 Å². The predicted octanol–water partition coefficient (Wildman–Crippen LogP) is 5.08. The highest BCUT2D eigenvalue weighted by molar-refractivity contribution is 7.99. The van der Waals surface area contributed by atoms with Crippen LogP contribution in [0.15, 0.2) is 70.6 Å². The fraction of sp³-hybridized carbons (Fsp3) is 0.240. The molecule has 2 heterocycles. The van der Waals surface area contributed by atoms with Gasteiger partial charge in [-0.3, -0.25) is 19.7 Å². The number of nitrogens with zero attached hydrogens (tertiary/aromatic N) is 3. The van der Waals surface area contributed by atoms with Crippen molar-refractivity contribution >= 4 is 35.1 Å². The van der Waals surface area contributed by atoms with Crippen molar-refractivity contribution in [1.29, 1.82) is 0 Å². The zero-order valence-corrected chi connectivity index (χ0v) is 19.8. The number of hydrogen-bond acceptors (Lipinski definition) is 6. The third-order valence-corrected chi connectivity index (χ3v) is 6.92. The lowest BCUT2D eigenvalue weighted by molar-refractivity contribution is -0.384. The van der Waals surface area contributed by atoms with Gasteiger partial charge in [0.1, 0.15) is 11.6 Å². The number of nitro benzene ring substituents is 1. The lowest BCUT2D eigenvalue weighted by atomic mass is 9.96. The van der Waals surface area contributed by atoms with Crippen LogP contribution in [0.2, 0.25) is 0 Å². The van der Waals surface area contributed by atoms with E-state index in [-0.39, 0.29) is 23.7 Å². The first-order chi connectivity index (χ1) is 16.8. The van der Waals surface area contributed by atoms with Crippen LogP contribution in [0.4, 0.5) is 15.9 Å². The van der Waals surface area contributed by atoms with Crippen molar-refractivity contribution in [3.8, 4) is 0 Å². The molecule has 35 heavy (non-hydrogen) atoms. The quantitative estimate of drug-likeness (QED) is 0.378. The van der Waals surface area contributed by atoms with Crippen molar-refractivity contribution in [1.82, 2.24) is 9.88 Å². The van der Waals surface area contributed by atoms with E-state index in [1.165, 1.54) is 29.2 Å². The van der Waals surface area contributed by atoms with E-state index in [0.717, 1.165) is 17.3 Å². The first-order valence-corrected chi connectivity index (χ1v) is 11.9. The molecule has 1 fully saturated rings. The molecule has 1 unspecified atom stereocenters. The summed E-state index contributed by atoms with van der Waals surface area (Å²) < 4.78 is 14.2. The summed E-state index contributed by atoms with van der Waals surface area (Å²) in [5.74, 6) is -1.09. The largest absolute Gasteiger partial charge is 0.338 e. The number of carbonyl (C=O) groups excluding carboxylic acids is 2. The normalized spacial score (nSPS) is 15.5. The third kappa shape index (κ3) is 5.65. The molecular weight excluding hydrogens is 471 g/mol. The summed E-state index contributed by atoms with van der Waals surface area (Å²) in [5, 5.41) is 14.2. The first-order valence-electron chi connectivity index (χ1n) is 11.1. The molecule has 1 N–H and O–H groups in total. The standard InChI is InChI=1S/C25H23FN4O4S/c1-16-6-4-12-27-23(16)28-24(31)17-7-5-13-29(15-17)25(32)19-14-18(30(33)34)10-11-21(19)35-22-9-3-2-8-20(22)26/h2-4,6,8-12,14,17H,5,7,13,15H2,1H3,(H,27,28,31). The van der Waals surface area contributed by atoms with Gasteiger partial charge in [0, 0.05) is 41.2 Å². The molecule has 8 nitrogen and oxygen atoms in total. The Labute approximate surface area is 205 Å². The highest BCUT2D eigenvalue weighted by atomic mass is 32.2. The van der Waals surface area contributed by atoms with Gasteiger partial charge in [0.2, 0.25) is 5.91 Å². The molecule has 0 bridgehead atoms. The summed E-state index contributed by atoms with van der Waals surface area (Å²) in [7, 11) is 0. The Balaban J connectivity index is 1.57. The number of likely N-dealkylation sites (tertiary alicyclic amines) is 1. The SMILES string of the molecule is Cc1cccnc1NC(=O)C1CCCN(C(=O)c2cc([N+](=O)[O-])ccc2Sc2ccccc2F)C1. The number of hydrogen-bond donors (Lipinski definition) is 1. The second-order valence-electron chi connectivity index (χ2n) is 8.22. The maximum absolute atomic E-state index is 14.2. The molecule has 2 amide bonds. The van der Waals surface area contributed by atoms with Gasteiger partial charge < -0.3 is 10.2 Å². The Morgan fingerprint density at radius 1 is 1.17 bits per heavy atom. The number of nitrogens with one attached hydrogen (secondary N) is 1. The van der Waals surface area contributed by atoms with Crippen LogP contribution < -0.4 is 5.32 Å². The zero-order valence-electron chi connectivity index (χ0n) is 18.9. The highest BCUT2D eigenvalue weighted by Crippen LogP contribution is 2.35. The minimum absolute atomic E-state index is 0.106. The molecule has 4 rings (SSSR count). The van der Waals surface area contributed by atoms with Crippen molar-refractivity contribution in [2.45, 2.75) is 29.6 Å². The van der Waals surface area contributed by atoms with E-state index in [9.17, 15) is 24.1 Å². The van der Waals surface area contributed by atoms with E-state index >= 15 is 0 Å². The second-order valence-corrected chi connectivity index (χ2v) is 9.30. The van der Waals surface area contributed by atoms with Gasteiger partial charge in [-0.1, -0.05) is 30.0 Å². The van der Waals surface area contributed by atoms with E-state index < -0.39 is 22.6 Å². The topological polar surface area (TPSA) is 105 Å². The van der Waals surface area contributed by atoms with Crippen LogP contribution in [-0.4, -0.2) is 39.7 Å². The van der Waals surface area contributed by atoms with Crippen molar-refractivity contribution in [2.24, 2.45) is 5.92 Å². The molecule has 180 valence electrons. The predicted molar refractivity (Wildman–Crippen MR) is 130 cm³/mol. The number of anilines is 1. The number of aromatic nitrogens is 1. The summed E-state index contributed by atoms with van der Waals surface area (Å²) in [6.45, 7) is 2.43. The number of piperidine rings is 1. The Morgan fingerprint density at radius 3 is 2.71 bits per heavy atom. The minimum atomic E-state index is -0.573. The summed E-state index contributed by atoms with van der Waals surface area (Å²) >= 11 is 1.03. The molecule has 1 atom stereocenters. The Bertz CT molecular complexity index is 1290. The van der Waals surface area contributed by atoms with Crippen LogP contribution in [-0.2, 0) is 4.79 Å². The van der Waals surface area contributed by atoms with Crippen LogP contribution in [0.25, 0.3) is 0 Å². The first kappa shape index (κ1) is 24.3. The minimum Gasteiger partial charge on any atom is -0.338 e. The number of amides is 2. The van der Waals surface area contributed by atoms with Crippen LogP contribution in [0.3, 0.4) is 0 Å². The Kier molecular flexibility index (Phi) is 7.40. The summed E-state index contributed by atoms with van der Waals surface area (Å²) in [6, 6.07) is 13.7.